The molecule has 1 aliphatic rings. The molecule has 0 atom stereocenters. The molecule has 48 valence electrons. The molecule has 0 unspecified atom stereocenters. The van der Waals surface area contributed by atoms with Crippen molar-refractivity contribution in [2.45, 2.75) is 12.8 Å². The predicted molar refractivity (Wildman–Crippen MR) is 23.7 cm³/mol. The average Bonchev–Trinajstić information content (AvgIpc) is 1.20. The summed E-state index contributed by atoms with van der Waals surface area (Å²) in [6.45, 7) is 1.30. The monoisotopic (exact) mass is 139 g/mol. The fourth-order valence-corrected chi connectivity index (χ4v) is 1.23. The van der Waals surface area contributed by atoms with E-state index in [9.17, 15) is 8.42 Å². The van der Waals surface area contributed by atoms with Gasteiger partial charge in [-0.1, -0.05) is 0 Å². The first kappa shape index (κ1) is 5.96. The largest absolute Gasteiger partial charge is 0.407 e. The van der Waals surface area contributed by atoms with Gasteiger partial charge in [0.25, 0.3) is 5.91 Å². The molecule has 8 heavy (non-hydrogen) atoms. The molecule has 0 aromatic carbocycles. The maximum atomic E-state index is 9.98. The van der Waals surface area contributed by atoms with Crippen molar-refractivity contribution in [2.75, 3.05) is 0 Å². The van der Waals surface area contributed by atoms with Gasteiger partial charge in [-0.3, -0.25) is 5.73 Å². The van der Waals surface area contributed by atoms with Gasteiger partial charge >= 0.3 is 10.4 Å². The molecule has 0 aromatic heterocycles. The third-order valence-electron chi connectivity index (χ3n) is 0.535. The van der Waals surface area contributed by atoms with Crippen LogP contribution in [0.4, 0.5) is 0 Å². The Morgan fingerprint density at radius 3 is 1.88 bits per heavy atom. The average molecular weight is 139 g/mol. The molecule has 0 aromatic rings. The Bertz CT molecular complexity index is 178. The smallest absolute Gasteiger partial charge is 0.278 e. The van der Waals surface area contributed by atoms with E-state index >= 15 is 0 Å². The van der Waals surface area contributed by atoms with Crippen LogP contribution in [0.2, 0.25) is 0 Å². The Hall–Kier alpha value is -0.170. The van der Waals surface area contributed by atoms with Crippen LogP contribution in [0.5, 0.6) is 0 Å². The van der Waals surface area contributed by atoms with E-state index in [4.69, 9.17) is 5.73 Å². The Morgan fingerprint density at radius 1 is 1.50 bits per heavy atom. The van der Waals surface area contributed by atoms with E-state index in [1.165, 1.54) is 6.92 Å². The number of nitrogens with two attached hydrogens (primary N) is 1. The minimum absolute atomic E-state index is 1.30. The standard InChI is InChI=1S/C2H5NO4S/c1-2(3)6-8(4,5)7-2/h3H2,1H3. The third kappa shape index (κ3) is 0.972. The van der Waals surface area contributed by atoms with E-state index in [2.05, 4.69) is 8.37 Å². The zero-order valence-corrected chi connectivity index (χ0v) is 4.94. The van der Waals surface area contributed by atoms with Gasteiger partial charge in [0.2, 0.25) is 0 Å². The maximum Gasteiger partial charge on any atom is 0.407 e. The molecule has 1 rings (SSSR count). The molecule has 0 spiro atoms. The molecule has 0 radical (unpaired) electrons. The van der Waals surface area contributed by atoms with Crippen LogP contribution in [0.3, 0.4) is 0 Å². The quantitative estimate of drug-likeness (QED) is 0.461. The summed E-state index contributed by atoms with van der Waals surface area (Å²) in [4.78, 5) is 0. The van der Waals surface area contributed by atoms with Gasteiger partial charge in [0.05, 0.1) is 0 Å². The zero-order chi connectivity index (χ0) is 6.41. The van der Waals surface area contributed by atoms with Crippen molar-refractivity contribution in [3.8, 4) is 0 Å². The normalized spacial score (nSPS) is 31.2. The summed E-state index contributed by atoms with van der Waals surface area (Å²) in [5, 5.41) is 0. The molecule has 1 saturated heterocycles. The summed E-state index contributed by atoms with van der Waals surface area (Å²) in [6.07, 6.45) is 0. The van der Waals surface area contributed by atoms with Gasteiger partial charge in [-0.25, -0.2) is 0 Å². The van der Waals surface area contributed by atoms with E-state index in [1.54, 1.807) is 0 Å². The van der Waals surface area contributed by atoms with Gasteiger partial charge in [0, 0.05) is 6.92 Å². The number of hydrogen-bond donors (Lipinski definition) is 1. The molecule has 0 amide bonds. The molecule has 5 nitrogen and oxygen atoms in total. The summed E-state index contributed by atoms with van der Waals surface area (Å²) >= 11 is 0. The van der Waals surface area contributed by atoms with E-state index in [1.807, 2.05) is 0 Å². The zero-order valence-electron chi connectivity index (χ0n) is 4.12. The third-order valence-corrected chi connectivity index (χ3v) is 1.61. The summed E-state index contributed by atoms with van der Waals surface area (Å²) in [7, 11) is -3.71. The Morgan fingerprint density at radius 2 is 1.88 bits per heavy atom. The van der Waals surface area contributed by atoms with E-state index in [0.29, 0.717) is 0 Å². The van der Waals surface area contributed by atoms with Gasteiger partial charge in [-0.15, -0.1) is 0 Å². The second-order valence-corrected chi connectivity index (χ2v) is 2.74. The second-order valence-electron chi connectivity index (χ2n) is 1.59. The van der Waals surface area contributed by atoms with Crippen molar-refractivity contribution in [3.05, 3.63) is 0 Å². The Kier molecular flexibility index (Phi) is 0.904. The predicted octanol–water partition coefficient (Wildman–Crippen LogP) is -1.09. The fraction of sp³-hybridized carbons (Fsp3) is 1.00. The first-order valence-corrected chi connectivity index (χ1v) is 3.20. The van der Waals surface area contributed by atoms with Crippen molar-refractivity contribution in [1.29, 1.82) is 0 Å². The second kappa shape index (κ2) is 1.21. The maximum absolute atomic E-state index is 9.98. The number of rotatable bonds is 0. The van der Waals surface area contributed by atoms with Crippen molar-refractivity contribution in [2.24, 2.45) is 5.73 Å². The van der Waals surface area contributed by atoms with E-state index in [-0.39, 0.29) is 0 Å². The minimum atomic E-state index is -3.71. The highest BCUT2D eigenvalue weighted by molar-refractivity contribution is 7.82. The molecule has 2 N–H and O–H groups in total. The first-order valence-electron chi connectivity index (χ1n) is 1.86. The van der Waals surface area contributed by atoms with Gasteiger partial charge in [0.1, 0.15) is 0 Å². The van der Waals surface area contributed by atoms with Gasteiger partial charge in [-0.2, -0.15) is 16.8 Å². The fourth-order valence-electron chi connectivity index (χ4n) is 0.412. The van der Waals surface area contributed by atoms with Gasteiger partial charge < -0.3 is 0 Å². The molecule has 0 aliphatic carbocycles. The SMILES string of the molecule is CC1(N)OS(=O)(=O)O1. The molecule has 0 bridgehead atoms. The van der Waals surface area contributed by atoms with Crippen LogP contribution in [-0.4, -0.2) is 14.3 Å². The molecular weight excluding hydrogens is 134 g/mol. The van der Waals surface area contributed by atoms with Gasteiger partial charge in [0.15, 0.2) is 0 Å². The highest BCUT2D eigenvalue weighted by atomic mass is 32.3. The van der Waals surface area contributed by atoms with Crippen LogP contribution in [0.15, 0.2) is 0 Å². The Labute approximate surface area is 46.7 Å². The molecule has 1 aliphatic heterocycles. The molecule has 6 heteroatoms. The molecule has 0 saturated carbocycles. The number of hydrogen-bond acceptors (Lipinski definition) is 5. The van der Waals surface area contributed by atoms with Crippen LogP contribution in [0.1, 0.15) is 6.92 Å². The highest BCUT2D eigenvalue weighted by Crippen LogP contribution is 2.23. The van der Waals surface area contributed by atoms with Crippen LogP contribution >= 0.6 is 0 Å². The summed E-state index contributed by atoms with van der Waals surface area (Å²) in [6, 6.07) is 0. The van der Waals surface area contributed by atoms with Crippen LogP contribution in [0, 0.1) is 0 Å². The molecular formula is C2H5NO4S. The minimum Gasteiger partial charge on any atom is -0.278 e. The lowest BCUT2D eigenvalue weighted by molar-refractivity contribution is -0.167. The van der Waals surface area contributed by atoms with Crippen molar-refractivity contribution >= 4 is 10.4 Å². The van der Waals surface area contributed by atoms with Gasteiger partial charge in [-0.05, 0) is 0 Å². The van der Waals surface area contributed by atoms with E-state index in [0.717, 1.165) is 0 Å². The lowest BCUT2D eigenvalue weighted by Crippen LogP contribution is -2.54. The topological polar surface area (TPSA) is 78.6 Å². The van der Waals surface area contributed by atoms with Crippen molar-refractivity contribution in [1.82, 2.24) is 0 Å². The Balaban J connectivity index is 2.68. The van der Waals surface area contributed by atoms with Crippen molar-refractivity contribution in [3.63, 3.8) is 0 Å². The lowest BCUT2D eigenvalue weighted by Gasteiger charge is -2.30. The van der Waals surface area contributed by atoms with E-state index < -0.39 is 16.3 Å². The van der Waals surface area contributed by atoms with Crippen LogP contribution in [-0.2, 0) is 18.8 Å². The van der Waals surface area contributed by atoms with Crippen molar-refractivity contribution < 1.29 is 16.8 Å². The lowest BCUT2D eigenvalue weighted by atomic mass is 10.6. The summed E-state index contributed by atoms with van der Waals surface area (Å²) < 4.78 is 28.0. The summed E-state index contributed by atoms with van der Waals surface area (Å²) in [5.41, 5.74) is 4.97. The summed E-state index contributed by atoms with van der Waals surface area (Å²) in [5.74, 6) is -1.43. The molecule has 1 heterocycles. The first-order chi connectivity index (χ1) is 3.41. The molecule has 1 fully saturated rings. The van der Waals surface area contributed by atoms with Crippen LogP contribution < -0.4 is 5.73 Å². The van der Waals surface area contributed by atoms with Crippen LogP contribution in [0.25, 0.3) is 0 Å². The highest BCUT2D eigenvalue weighted by Gasteiger charge is 2.44.